The molecule has 1 N–H and O–H groups in total. The lowest BCUT2D eigenvalue weighted by Crippen LogP contribution is -2.40. The Morgan fingerprint density at radius 1 is 0.719 bits per heavy atom. The molecule has 3 nitrogen and oxygen atoms in total. The van der Waals surface area contributed by atoms with Gasteiger partial charge in [0.2, 0.25) is 0 Å². The smallest absolute Gasteiger partial charge is 0.158 e. The number of rotatable bonds is 1. The van der Waals surface area contributed by atoms with Gasteiger partial charge in [-0.15, -0.1) is 0 Å². The molecule has 0 amide bonds. The molecule has 0 radical (unpaired) electrons. The maximum atomic E-state index is 5.19. The molecular weight excluding hydrogens is 390 g/mol. The minimum absolute atomic E-state index is 0.140. The van der Waals surface area contributed by atoms with E-state index in [4.69, 9.17) is 4.98 Å². The fourth-order valence-corrected chi connectivity index (χ4v) is 4.90. The zero-order valence-electron chi connectivity index (χ0n) is 18.6. The molecule has 0 fully saturated rings. The van der Waals surface area contributed by atoms with E-state index in [-0.39, 0.29) is 5.54 Å². The number of anilines is 4. The number of fused-ring (bicyclic) bond motifs is 4. The Morgan fingerprint density at radius 2 is 1.41 bits per heavy atom. The molecule has 0 spiro atoms. The van der Waals surface area contributed by atoms with E-state index >= 15 is 0 Å². The van der Waals surface area contributed by atoms with Crippen LogP contribution in [-0.2, 0) is 0 Å². The average molecular weight is 416 g/mol. The molecule has 2 heterocycles. The minimum atomic E-state index is -0.140. The van der Waals surface area contributed by atoms with Crippen molar-refractivity contribution in [3.63, 3.8) is 0 Å². The van der Waals surface area contributed by atoms with Crippen molar-refractivity contribution in [2.24, 2.45) is 0 Å². The Hall–Kier alpha value is -3.85. The molecule has 4 aromatic carbocycles. The number of nitrogens with zero attached hydrogens (tertiary/aromatic N) is 2. The molecule has 0 saturated carbocycles. The Bertz CT molecular complexity index is 1490. The van der Waals surface area contributed by atoms with Crippen molar-refractivity contribution in [2.75, 3.05) is 10.2 Å². The van der Waals surface area contributed by atoms with Crippen LogP contribution in [0.25, 0.3) is 32.8 Å². The van der Waals surface area contributed by atoms with Crippen LogP contribution in [0.15, 0.2) is 91.0 Å². The lowest BCUT2D eigenvalue weighted by Gasteiger charge is -2.42. The first-order valence-corrected chi connectivity index (χ1v) is 11.1. The summed E-state index contributed by atoms with van der Waals surface area (Å²) in [4.78, 5) is 7.56. The monoisotopic (exact) mass is 415 g/mol. The van der Waals surface area contributed by atoms with Crippen molar-refractivity contribution in [3.8, 4) is 11.1 Å². The highest BCUT2D eigenvalue weighted by Crippen LogP contribution is 2.52. The summed E-state index contributed by atoms with van der Waals surface area (Å²) in [6.07, 6.45) is 0. The van der Waals surface area contributed by atoms with Crippen LogP contribution in [0.1, 0.15) is 20.8 Å². The maximum absolute atomic E-state index is 5.19. The highest BCUT2D eigenvalue weighted by atomic mass is 15.3. The number of hydrogen-bond donors (Lipinski definition) is 1. The summed E-state index contributed by atoms with van der Waals surface area (Å²) in [6, 6.07) is 32.1. The van der Waals surface area contributed by atoms with E-state index in [2.05, 4.69) is 122 Å². The lowest BCUT2D eigenvalue weighted by molar-refractivity contribution is 0.556. The lowest BCUT2D eigenvalue weighted by atomic mass is 9.92. The van der Waals surface area contributed by atoms with Crippen LogP contribution in [0.3, 0.4) is 0 Å². The number of nitrogens with one attached hydrogen (secondary N) is 1. The molecule has 0 atom stereocenters. The molecule has 1 aliphatic rings. The largest absolute Gasteiger partial charge is 0.350 e. The Kier molecular flexibility index (Phi) is 4.03. The van der Waals surface area contributed by atoms with Crippen molar-refractivity contribution in [1.82, 2.24) is 4.98 Å². The van der Waals surface area contributed by atoms with Gasteiger partial charge in [-0.2, -0.15) is 0 Å². The fraction of sp³-hybridized carbons (Fsp3) is 0.138. The quantitative estimate of drug-likeness (QED) is 0.300. The zero-order valence-corrected chi connectivity index (χ0v) is 18.6. The van der Waals surface area contributed by atoms with Gasteiger partial charge in [0.25, 0.3) is 0 Å². The SMILES string of the molecule is CC(C)(C)N1c2ccccc2Nc2c1nc1ccccc1c2-c1cccc2ccccc12. The van der Waals surface area contributed by atoms with Gasteiger partial charge >= 0.3 is 0 Å². The second-order valence-electron chi connectivity index (χ2n) is 9.38. The van der Waals surface area contributed by atoms with Crippen LogP contribution in [0.2, 0.25) is 0 Å². The van der Waals surface area contributed by atoms with Crippen LogP contribution in [-0.4, -0.2) is 10.5 Å². The first kappa shape index (κ1) is 18.9. The van der Waals surface area contributed by atoms with Gasteiger partial charge in [0.15, 0.2) is 5.82 Å². The summed E-state index contributed by atoms with van der Waals surface area (Å²) in [5.41, 5.74) is 6.61. The highest BCUT2D eigenvalue weighted by Gasteiger charge is 2.34. The summed E-state index contributed by atoms with van der Waals surface area (Å²) in [7, 11) is 0. The first-order chi connectivity index (χ1) is 15.5. The van der Waals surface area contributed by atoms with E-state index in [0.29, 0.717) is 0 Å². The summed E-state index contributed by atoms with van der Waals surface area (Å²) in [5.74, 6) is 0.970. The van der Waals surface area contributed by atoms with Gasteiger partial charge in [0.05, 0.1) is 22.6 Å². The van der Waals surface area contributed by atoms with Crippen LogP contribution in [0.4, 0.5) is 22.9 Å². The summed E-state index contributed by atoms with van der Waals surface area (Å²) in [5, 5.41) is 7.40. The Morgan fingerprint density at radius 3 is 2.25 bits per heavy atom. The van der Waals surface area contributed by atoms with Gasteiger partial charge in [0.1, 0.15) is 0 Å². The maximum Gasteiger partial charge on any atom is 0.158 e. The van der Waals surface area contributed by atoms with Gasteiger partial charge in [-0.05, 0) is 55.3 Å². The van der Waals surface area contributed by atoms with E-state index in [0.717, 1.165) is 33.8 Å². The third-order valence-corrected chi connectivity index (χ3v) is 6.22. The molecule has 1 aliphatic heterocycles. The van der Waals surface area contributed by atoms with Crippen LogP contribution in [0, 0.1) is 0 Å². The van der Waals surface area contributed by atoms with Crippen LogP contribution in [0.5, 0.6) is 0 Å². The van der Waals surface area contributed by atoms with E-state index in [1.807, 2.05) is 0 Å². The van der Waals surface area contributed by atoms with Crippen molar-refractivity contribution in [1.29, 1.82) is 0 Å². The van der Waals surface area contributed by atoms with E-state index < -0.39 is 0 Å². The third kappa shape index (κ3) is 2.78. The number of aromatic nitrogens is 1. The number of benzene rings is 4. The Balaban J connectivity index is 1.77. The number of hydrogen-bond acceptors (Lipinski definition) is 3. The topological polar surface area (TPSA) is 28.2 Å². The van der Waals surface area contributed by atoms with E-state index in [1.165, 1.54) is 21.9 Å². The summed E-state index contributed by atoms with van der Waals surface area (Å²) in [6.45, 7) is 6.73. The zero-order chi connectivity index (χ0) is 21.9. The Labute approximate surface area is 188 Å². The third-order valence-electron chi connectivity index (χ3n) is 6.22. The van der Waals surface area contributed by atoms with Crippen molar-refractivity contribution < 1.29 is 0 Å². The normalized spacial score (nSPS) is 13.0. The van der Waals surface area contributed by atoms with Gasteiger partial charge in [-0.1, -0.05) is 72.8 Å². The second kappa shape index (κ2) is 6.83. The minimum Gasteiger partial charge on any atom is -0.350 e. The molecule has 1 aromatic heterocycles. The van der Waals surface area contributed by atoms with E-state index in [1.54, 1.807) is 0 Å². The molecule has 0 bridgehead atoms. The first-order valence-electron chi connectivity index (χ1n) is 11.1. The molecule has 32 heavy (non-hydrogen) atoms. The molecule has 6 rings (SSSR count). The second-order valence-corrected chi connectivity index (χ2v) is 9.38. The number of para-hydroxylation sites is 3. The summed E-state index contributed by atoms with van der Waals surface area (Å²) < 4.78 is 0. The predicted octanol–water partition coefficient (Wildman–Crippen LogP) is 8.05. The molecule has 5 aromatic rings. The molecule has 0 saturated heterocycles. The molecule has 156 valence electrons. The van der Waals surface area contributed by atoms with Crippen LogP contribution < -0.4 is 10.2 Å². The van der Waals surface area contributed by atoms with Gasteiger partial charge < -0.3 is 10.2 Å². The number of pyridine rings is 1. The molecular formula is C29H25N3. The summed E-state index contributed by atoms with van der Waals surface area (Å²) >= 11 is 0. The average Bonchev–Trinajstić information content (AvgIpc) is 2.80. The fourth-order valence-electron chi connectivity index (χ4n) is 4.90. The van der Waals surface area contributed by atoms with Crippen molar-refractivity contribution in [2.45, 2.75) is 26.3 Å². The van der Waals surface area contributed by atoms with Crippen LogP contribution >= 0.6 is 0 Å². The van der Waals surface area contributed by atoms with Crippen molar-refractivity contribution in [3.05, 3.63) is 91.0 Å². The van der Waals surface area contributed by atoms with Gasteiger partial charge in [-0.3, -0.25) is 0 Å². The highest BCUT2D eigenvalue weighted by molar-refractivity contribution is 6.13. The standard InChI is InChI=1S/C29H25N3/c1-29(2,3)32-25-18-9-8-17-24(25)30-27-26(22-14-6-7-16-23(22)31-28(27)32)21-15-10-12-19-11-4-5-13-20(19)21/h4-18,30H,1-3H3. The molecule has 0 aliphatic carbocycles. The molecule has 0 unspecified atom stereocenters. The van der Waals surface area contributed by atoms with Gasteiger partial charge in [-0.25, -0.2) is 4.98 Å². The van der Waals surface area contributed by atoms with E-state index in [9.17, 15) is 0 Å². The molecule has 3 heteroatoms. The van der Waals surface area contributed by atoms with Gasteiger partial charge in [0, 0.05) is 16.5 Å². The van der Waals surface area contributed by atoms with Crippen molar-refractivity contribution >= 4 is 44.6 Å². The predicted molar refractivity (Wildman–Crippen MR) is 136 cm³/mol.